The highest BCUT2D eigenvalue weighted by atomic mass is 16.1. The molecule has 4 atom stereocenters. The minimum Gasteiger partial charge on any atom is -0.307 e. The molecule has 0 bridgehead atoms. The monoisotopic (exact) mass is 383 g/mol. The van der Waals surface area contributed by atoms with E-state index in [2.05, 4.69) is 25.2 Å². The molecule has 4 aliphatic carbocycles. The lowest BCUT2D eigenvalue weighted by Crippen LogP contribution is -2.24. The number of carbonyl (C=O) groups excluding carboxylic acids is 1. The third-order valence-corrected chi connectivity index (χ3v) is 8.14. The lowest BCUT2D eigenvalue weighted by atomic mass is 9.72. The summed E-state index contributed by atoms with van der Waals surface area (Å²) in [4.78, 5) is 8.00. The summed E-state index contributed by atoms with van der Waals surface area (Å²) >= 11 is 0. The molecule has 1 nitrogen and oxygen atoms in total. The van der Waals surface area contributed by atoms with Crippen LogP contribution in [0.2, 0.25) is 0 Å². The van der Waals surface area contributed by atoms with Gasteiger partial charge >= 0.3 is 0 Å². The van der Waals surface area contributed by atoms with E-state index in [1.54, 1.807) is 42.4 Å². The molecular weight excluding hydrogens is 340 g/mol. The molecule has 0 heterocycles. The van der Waals surface area contributed by atoms with Gasteiger partial charge in [0.25, 0.3) is 0 Å². The highest BCUT2D eigenvalue weighted by molar-refractivity contribution is 5.36. The highest BCUT2D eigenvalue weighted by Gasteiger charge is 2.35. The lowest BCUT2D eigenvalue weighted by Gasteiger charge is -2.34. The minimum absolute atomic E-state index is 0. The second kappa shape index (κ2) is 11.2. The molecule has 4 unspecified atom stereocenters. The molecule has 0 aliphatic heterocycles. The molecule has 4 aliphatic rings. The molecule has 0 spiro atoms. The topological polar surface area (TPSA) is 17.1 Å². The maximum absolute atomic E-state index is 8.00. The predicted molar refractivity (Wildman–Crippen MR) is 122 cm³/mol. The Morgan fingerprint density at radius 3 is 2.71 bits per heavy atom. The van der Waals surface area contributed by atoms with E-state index >= 15 is 0 Å². The fourth-order valence-electron chi connectivity index (χ4n) is 6.58. The molecule has 2 saturated carbocycles. The van der Waals surface area contributed by atoms with Gasteiger partial charge in [-0.1, -0.05) is 86.8 Å². The van der Waals surface area contributed by atoms with Crippen LogP contribution in [0.1, 0.15) is 97.7 Å². The number of hydrogen-bond donors (Lipinski definition) is 0. The fraction of sp³-hybridized carbons (Fsp3) is 0.704. The van der Waals surface area contributed by atoms with Crippen LogP contribution in [-0.4, -0.2) is 6.79 Å². The summed E-state index contributed by atoms with van der Waals surface area (Å²) in [7, 11) is 0. The van der Waals surface area contributed by atoms with Crippen LogP contribution in [0.5, 0.6) is 0 Å². The zero-order chi connectivity index (χ0) is 19.8. The normalized spacial score (nSPS) is 31.6. The summed E-state index contributed by atoms with van der Waals surface area (Å²) in [5, 5.41) is 0. The summed E-state index contributed by atoms with van der Waals surface area (Å²) in [6.45, 7) is 6.49. The van der Waals surface area contributed by atoms with Crippen molar-refractivity contribution in [1.29, 1.82) is 0 Å². The van der Waals surface area contributed by atoms with Crippen molar-refractivity contribution in [3.05, 3.63) is 41.9 Å². The SMILES string of the molecule is C=C(CCCCCC1CCCC2CCCC12)C1CCC2=C([CH]C=CC2)C1.C=O.[HH]. The molecule has 0 N–H and O–H groups in total. The first kappa shape index (κ1) is 21.6. The number of hydrogen-bond acceptors (Lipinski definition) is 1. The van der Waals surface area contributed by atoms with Gasteiger partial charge in [0.1, 0.15) is 6.79 Å². The van der Waals surface area contributed by atoms with Crippen LogP contribution >= 0.6 is 0 Å². The summed E-state index contributed by atoms with van der Waals surface area (Å²) < 4.78 is 0. The number of allylic oxidation sites excluding steroid dienone is 5. The summed E-state index contributed by atoms with van der Waals surface area (Å²) in [6, 6.07) is 0. The summed E-state index contributed by atoms with van der Waals surface area (Å²) in [5.74, 6) is 4.07. The Hall–Kier alpha value is -1.11. The number of unbranched alkanes of at least 4 members (excludes halogenated alkanes) is 2. The average Bonchev–Trinajstić information content (AvgIpc) is 3.24. The quantitative estimate of drug-likeness (QED) is 0.321. The molecule has 1 heteroatoms. The third kappa shape index (κ3) is 5.49. The van der Waals surface area contributed by atoms with E-state index in [0.29, 0.717) is 0 Å². The van der Waals surface area contributed by atoms with Gasteiger partial charge in [0.05, 0.1) is 0 Å². The third-order valence-electron chi connectivity index (χ3n) is 8.14. The molecule has 0 aromatic rings. The van der Waals surface area contributed by atoms with E-state index in [4.69, 9.17) is 4.79 Å². The molecule has 0 aromatic heterocycles. The van der Waals surface area contributed by atoms with Crippen molar-refractivity contribution in [2.75, 3.05) is 0 Å². The Labute approximate surface area is 175 Å². The van der Waals surface area contributed by atoms with Gasteiger partial charge in [0, 0.05) is 7.85 Å². The molecule has 28 heavy (non-hydrogen) atoms. The van der Waals surface area contributed by atoms with E-state index in [0.717, 1.165) is 23.7 Å². The number of carbonyl (C=O) groups is 1. The largest absolute Gasteiger partial charge is 0.307 e. The van der Waals surface area contributed by atoms with Crippen molar-refractivity contribution in [1.82, 2.24) is 0 Å². The van der Waals surface area contributed by atoms with Crippen LogP contribution in [0.15, 0.2) is 35.5 Å². The second-order valence-corrected chi connectivity index (χ2v) is 9.67. The molecule has 157 valence electrons. The van der Waals surface area contributed by atoms with Gasteiger partial charge in [0.15, 0.2) is 0 Å². The maximum Gasteiger partial charge on any atom is 0.106 e. The Balaban J connectivity index is 0.000000970. The van der Waals surface area contributed by atoms with Crippen LogP contribution in [0.25, 0.3) is 0 Å². The van der Waals surface area contributed by atoms with E-state index in [1.165, 1.54) is 70.6 Å². The van der Waals surface area contributed by atoms with Crippen molar-refractivity contribution < 1.29 is 6.22 Å². The second-order valence-electron chi connectivity index (χ2n) is 9.67. The van der Waals surface area contributed by atoms with Crippen molar-refractivity contribution >= 4 is 6.79 Å². The average molecular weight is 384 g/mol. The zero-order valence-corrected chi connectivity index (χ0v) is 18.0. The van der Waals surface area contributed by atoms with Gasteiger partial charge in [-0.25, -0.2) is 0 Å². The van der Waals surface area contributed by atoms with E-state index < -0.39 is 0 Å². The lowest BCUT2D eigenvalue weighted by molar-refractivity contribution is -0.0979. The first-order valence-electron chi connectivity index (χ1n) is 12.0. The van der Waals surface area contributed by atoms with Gasteiger partial charge < -0.3 is 4.79 Å². The van der Waals surface area contributed by atoms with Crippen molar-refractivity contribution in [3.63, 3.8) is 0 Å². The predicted octanol–water partition coefficient (Wildman–Crippen LogP) is 8.03. The zero-order valence-electron chi connectivity index (χ0n) is 18.0. The van der Waals surface area contributed by atoms with E-state index in [9.17, 15) is 0 Å². The smallest absolute Gasteiger partial charge is 0.106 e. The molecule has 2 fully saturated rings. The van der Waals surface area contributed by atoms with Crippen LogP contribution in [0, 0.1) is 30.1 Å². The van der Waals surface area contributed by atoms with Gasteiger partial charge in [-0.3, -0.25) is 0 Å². The first-order valence-corrected chi connectivity index (χ1v) is 12.0. The molecule has 0 aromatic carbocycles. The number of rotatable bonds is 7. The Kier molecular flexibility index (Phi) is 8.62. The van der Waals surface area contributed by atoms with Crippen molar-refractivity contribution in [2.24, 2.45) is 23.7 Å². The summed E-state index contributed by atoms with van der Waals surface area (Å²) in [6.07, 6.45) is 28.4. The van der Waals surface area contributed by atoms with E-state index in [1.807, 2.05) is 6.79 Å². The molecule has 0 saturated heterocycles. The fourth-order valence-corrected chi connectivity index (χ4v) is 6.58. The number of fused-ring (bicyclic) bond motifs is 1. The Morgan fingerprint density at radius 1 is 1.04 bits per heavy atom. The van der Waals surface area contributed by atoms with Crippen molar-refractivity contribution in [3.8, 4) is 0 Å². The van der Waals surface area contributed by atoms with Crippen LogP contribution < -0.4 is 0 Å². The van der Waals surface area contributed by atoms with E-state index in [-0.39, 0.29) is 1.43 Å². The van der Waals surface area contributed by atoms with Crippen molar-refractivity contribution in [2.45, 2.75) is 96.3 Å². The van der Waals surface area contributed by atoms with Gasteiger partial charge in [-0.15, -0.1) is 0 Å². The van der Waals surface area contributed by atoms with Gasteiger partial charge in [-0.05, 0) is 68.6 Å². The minimum atomic E-state index is 0. The van der Waals surface area contributed by atoms with Crippen LogP contribution in [0.3, 0.4) is 0 Å². The standard InChI is InChI=1S/C26H39.CH2O.H2/c1-20(24-18-17-21-10-5-6-12-25(21)19-24)9-3-2-4-11-22-13-7-14-23-15-8-16-26(22)23;1-2;/h5-6,12,22-24,26H,1-4,7-11,13-19H2;1H2;1H. The van der Waals surface area contributed by atoms with Gasteiger partial charge in [-0.2, -0.15) is 0 Å². The Bertz CT molecular complexity index is 575. The molecule has 4 rings (SSSR count). The molecule has 1 radical (unpaired) electrons. The van der Waals surface area contributed by atoms with Crippen LogP contribution in [0.4, 0.5) is 0 Å². The first-order chi connectivity index (χ1) is 13.8. The molecular formula is C27H43O. The van der Waals surface area contributed by atoms with Gasteiger partial charge in [0.2, 0.25) is 0 Å². The highest BCUT2D eigenvalue weighted by Crippen LogP contribution is 2.47. The Morgan fingerprint density at radius 2 is 1.86 bits per heavy atom. The molecule has 0 amide bonds. The summed E-state index contributed by atoms with van der Waals surface area (Å²) in [5.41, 5.74) is 4.88. The maximum atomic E-state index is 8.00. The van der Waals surface area contributed by atoms with Crippen LogP contribution in [-0.2, 0) is 4.79 Å².